The monoisotopic (exact) mass is 655 g/mol. The zero-order valence-corrected chi connectivity index (χ0v) is 31.5. The highest BCUT2D eigenvalue weighted by Gasteiger charge is 2.13. The molecule has 0 amide bonds. The third-order valence-electron chi connectivity index (χ3n) is 9.07. The quantitative estimate of drug-likeness (QED) is 0.0493. The van der Waals surface area contributed by atoms with Gasteiger partial charge in [-0.25, -0.2) is 0 Å². The van der Waals surface area contributed by atoms with Crippen LogP contribution in [0.5, 0.6) is 0 Å². The number of esters is 2. The van der Waals surface area contributed by atoms with Crippen LogP contribution in [-0.4, -0.2) is 36.7 Å². The minimum Gasteiger partial charge on any atom is -0.466 e. The molecule has 45 heavy (non-hydrogen) atoms. The van der Waals surface area contributed by atoms with Gasteiger partial charge in [0.15, 0.2) is 0 Å². The smallest absolute Gasteiger partial charge is 0.306 e. The second-order valence-corrected chi connectivity index (χ2v) is 14.8. The Kier molecular flexibility index (Phi) is 37.1. The lowest BCUT2D eigenvalue weighted by atomic mass is 9.95. The highest BCUT2D eigenvalue weighted by atomic mass is 32.2. The summed E-state index contributed by atoms with van der Waals surface area (Å²) in [4.78, 5) is 24.4. The van der Waals surface area contributed by atoms with Crippen LogP contribution in [0.4, 0.5) is 0 Å². The molecule has 268 valence electrons. The van der Waals surface area contributed by atoms with E-state index in [-0.39, 0.29) is 11.9 Å². The van der Waals surface area contributed by atoms with Crippen LogP contribution in [0.1, 0.15) is 213 Å². The Bertz CT molecular complexity index is 611. The largest absolute Gasteiger partial charge is 0.466 e. The average Bonchev–Trinajstić information content (AvgIpc) is 3.04. The Morgan fingerprint density at radius 3 is 1.20 bits per heavy atom. The van der Waals surface area contributed by atoms with Crippen LogP contribution >= 0.6 is 11.8 Å². The molecule has 0 heterocycles. The molecule has 0 aromatic rings. The third kappa shape index (κ3) is 36.0. The molecule has 0 aliphatic heterocycles. The molecule has 4 nitrogen and oxygen atoms in total. The van der Waals surface area contributed by atoms with Crippen LogP contribution < -0.4 is 0 Å². The maximum atomic E-state index is 12.3. The molecule has 5 heteroatoms. The second-order valence-electron chi connectivity index (χ2n) is 13.6. The second kappa shape index (κ2) is 37.7. The molecule has 0 fully saturated rings. The molecule has 0 aliphatic carbocycles. The van der Waals surface area contributed by atoms with Crippen LogP contribution in [0.25, 0.3) is 0 Å². The summed E-state index contributed by atoms with van der Waals surface area (Å²) in [6, 6.07) is 0. The van der Waals surface area contributed by atoms with Crippen molar-refractivity contribution in [3.8, 4) is 0 Å². The van der Waals surface area contributed by atoms with Gasteiger partial charge in [0.25, 0.3) is 0 Å². The number of rotatable bonds is 37. The zero-order valence-electron chi connectivity index (χ0n) is 30.7. The standard InChI is InChI=1S/C40H78O4S/c1-4-7-10-13-15-16-17-18-19-20-21-22-23-24-26-29-34-43-39(41)32-35-45-36-33-40(42)44-37-38(30-27-12-9-6-3)31-28-25-14-11-8-5-2/h38H,4-37H2,1-3H3. The Labute approximate surface area is 286 Å². The Morgan fingerprint density at radius 1 is 0.444 bits per heavy atom. The minimum absolute atomic E-state index is 0.0879. The molecule has 0 rings (SSSR count). The predicted octanol–water partition coefficient (Wildman–Crippen LogP) is 13.2. The number of ether oxygens (including phenoxy) is 2. The predicted molar refractivity (Wildman–Crippen MR) is 198 cm³/mol. The molecular weight excluding hydrogens is 577 g/mol. The molecule has 0 saturated heterocycles. The summed E-state index contributed by atoms with van der Waals surface area (Å²) in [6.07, 6.45) is 37.7. The summed E-state index contributed by atoms with van der Waals surface area (Å²) >= 11 is 1.65. The van der Waals surface area contributed by atoms with Gasteiger partial charge in [-0.2, -0.15) is 11.8 Å². The molecule has 0 saturated carbocycles. The molecular formula is C40H78O4S. The van der Waals surface area contributed by atoms with Gasteiger partial charge in [-0.1, -0.05) is 181 Å². The summed E-state index contributed by atoms with van der Waals surface area (Å²) in [7, 11) is 0. The van der Waals surface area contributed by atoms with E-state index in [1.165, 1.54) is 167 Å². The zero-order chi connectivity index (χ0) is 32.9. The fourth-order valence-electron chi connectivity index (χ4n) is 5.99. The number of thioether (sulfide) groups is 1. The van der Waals surface area contributed by atoms with Gasteiger partial charge in [0.1, 0.15) is 0 Å². The lowest BCUT2D eigenvalue weighted by Crippen LogP contribution is -2.15. The van der Waals surface area contributed by atoms with Crippen molar-refractivity contribution in [3.63, 3.8) is 0 Å². The summed E-state index contributed by atoms with van der Waals surface area (Å²) < 4.78 is 11.1. The van der Waals surface area contributed by atoms with Gasteiger partial charge in [-0.05, 0) is 25.2 Å². The molecule has 0 spiro atoms. The summed E-state index contributed by atoms with van der Waals surface area (Å²) in [5, 5.41) is 0. The lowest BCUT2D eigenvalue weighted by molar-refractivity contribution is -0.145. The van der Waals surface area contributed by atoms with Crippen LogP contribution in [-0.2, 0) is 19.1 Å². The summed E-state index contributed by atoms with van der Waals surface area (Å²) in [6.45, 7) is 7.92. The van der Waals surface area contributed by atoms with Crippen molar-refractivity contribution in [2.45, 2.75) is 213 Å². The molecule has 0 bridgehead atoms. The van der Waals surface area contributed by atoms with Crippen LogP contribution in [0.2, 0.25) is 0 Å². The van der Waals surface area contributed by atoms with Crippen LogP contribution in [0.3, 0.4) is 0 Å². The number of hydrogen-bond donors (Lipinski definition) is 0. The molecule has 1 atom stereocenters. The molecule has 0 N–H and O–H groups in total. The van der Waals surface area contributed by atoms with Crippen LogP contribution in [0.15, 0.2) is 0 Å². The van der Waals surface area contributed by atoms with Crippen molar-refractivity contribution in [1.29, 1.82) is 0 Å². The van der Waals surface area contributed by atoms with Crippen molar-refractivity contribution in [2.24, 2.45) is 5.92 Å². The Hall–Kier alpha value is -0.710. The van der Waals surface area contributed by atoms with Gasteiger partial charge >= 0.3 is 11.9 Å². The lowest BCUT2D eigenvalue weighted by Gasteiger charge is -2.17. The molecule has 0 aliphatic rings. The Balaban J connectivity index is 3.62. The third-order valence-corrected chi connectivity index (χ3v) is 10.1. The first kappa shape index (κ1) is 44.3. The van der Waals surface area contributed by atoms with Crippen molar-refractivity contribution >= 4 is 23.7 Å². The van der Waals surface area contributed by atoms with Gasteiger partial charge in [-0.3, -0.25) is 9.59 Å². The molecule has 0 radical (unpaired) electrons. The number of hydrogen-bond acceptors (Lipinski definition) is 5. The van der Waals surface area contributed by atoms with E-state index in [2.05, 4.69) is 20.8 Å². The first-order valence-electron chi connectivity index (χ1n) is 20.0. The van der Waals surface area contributed by atoms with Crippen molar-refractivity contribution in [3.05, 3.63) is 0 Å². The van der Waals surface area contributed by atoms with E-state index in [1.54, 1.807) is 11.8 Å². The van der Waals surface area contributed by atoms with Gasteiger partial charge < -0.3 is 9.47 Å². The normalized spacial score (nSPS) is 12.0. The number of carbonyl (C=O) groups is 2. The van der Waals surface area contributed by atoms with E-state index in [0.29, 0.717) is 43.5 Å². The van der Waals surface area contributed by atoms with E-state index in [1.807, 2.05) is 0 Å². The van der Waals surface area contributed by atoms with Crippen molar-refractivity contribution in [1.82, 2.24) is 0 Å². The maximum Gasteiger partial charge on any atom is 0.306 e. The van der Waals surface area contributed by atoms with E-state index in [0.717, 1.165) is 12.8 Å². The van der Waals surface area contributed by atoms with Crippen molar-refractivity contribution in [2.75, 3.05) is 24.7 Å². The number of carbonyl (C=O) groups excluding carboxylic acids is 2. The summed E-state index contributed by atoms with van der Waals surface area (Å²) in [5.74, 6) is 1.74. The van der Waals surface area contributed by atoms with Gasteiger partial charge in [0.05, 0.1) is 26.1 Å². The van der Waals surface area contributed by atoms with E-state index in [9.17, 15) is 9.59 Å². The topological polar surface area (TPSA) is 52.6 Å². The number of unbranched alkanes of at least 4 members (excludes halogenated alkanes) is 23. The molecule has 0 aromatic heterocycles. The maximum absolute atomic E-state index is 12.3. The van der Waals surface area contributed by atoms with Gasteiger partial charge in [0.2, 0.25) is 0 Å². The molecule has 1 unspecified atom stereocenters. The summed E-state index contributed by atoms with van der Waals surface area (Å²) in [5.41, 5.74) is 0. The first-order chi connectivity index (χ1) is 22.1. The van der Waals surface area contributed by atoms with Gasteiger partial charge in [0, 0.05) is 11.5 Å². The van der Waals surface area contributed by atoms with Crippen LogP contribution in [0, 0.1) is 5.92 Å². The average molecular weight is 655 g/mol. The van der Waals surface area contributed by atoms with E-state index < -0.39 is 0 Å². The minimum atomic E-state index is -0.105. The first-order valence-corrected chi connectivity index (χ1v) is 21.2. The fraction of sp³-hybridized carbons (Fsp3) is 0.950. The SMILES string of the molecule is CCCCCCCCCCCCCCCCCCOC(=O)CCSCCC(=O)OCC(CCCCCC)CCCCCCCC. The van der Waals surface area contributed by atoms with Crippen molar-refractivity contribution < 1.29 is 19.1 Å². The van der Waals surface area contributed by atoms with E-state index >= 15 is 0 Å². The van der Waals surface area contributed by atoms with Gasteiger partial charge in [-0.15, -0.1) is 0 Å². The fourth-order valence-corrected chi connectivity index (χ4v) is 6.81. The highest BCUT2D eigenvalue weighted by molar-refractivity contribution is 7.99. The Morgan fingerprint density at radius 2 is 0.778 bits per heavy atom. The molecule has 0 aromatic carbocycles. The highest BCUT2D eigenvalue weighted by Crippen LogP contribution is 2.20. The van der Waals surface area contributed by atoms with E-state index in [4.69, 9.17) is 9.47 Å².